The normalized spacial score (nSPS) is 10.7. The number of benzene rings is 2. The van der Waals surface area contributed by atoms with Crippen LogP contribution in [-0.2, 0) is 0 Å². The number of thiocarbonyl (C=S) groups is 1. The minimum absolute atomic E-state index is 0.0406. The summed E-state index contributed by atoms with van der Waals surface area (Å²) in [7, 11) is 0. The molecule has 2 rings (SSSR count). The first kappa shape index (κ1) is 15.4. The van der Waals surface area contributed by atoms with Crippen molar-refractivity contribution in [2.75, 3.05) is 5.32 Å². The lowest BCUT2D eigenvalue weighted by Crippen LogP contribution is -2.11. The third kappa shape index (κ3) is 3.55. The van der Waals surface area contributed by atoms with E-state index in [0.717, 1.165) is 17.7 Å². The number of hydrogen-bond donors (Lipinski definition) is 2. The molecule has 0 aliphatic rings. The van der Waals surface area contributed by atoms with Crippen LogP contribution in [0.1, 0.15) is 30.9 Å². The van der Waals surface area contributed by atoms with Crippen LogP contribution in [0, 0.1) is 11.6 Å². The van der Waals surface area contributed by atoms with Gasteiger partial charge in [-0.1, -0.05) is 38.2 Å². The van der Waals surface area contributed by atoms with Crippen molar-refractivity contribution in [3.05, 3.63) is 59.2 Å². The molecule has 0 radical (unpaired) electrons. The molecule has 0 fully saturated rings. The van der Waals surface area contributed by atoms with Gasteiger partial charge in [-0.3, -0.25) is 0 Å². The molecule has 0 saturated heterocycles. The Bertz CT molecular complexity index is 661. The van der Waals surface area contributed by atoms with Crippen molar-refractivity contribution < 1.29 is 8.78 Å². The van der Waals surface area contributed by atoms with Crippen LogP contribution in [0.4, 0.5) is 20.2 Å². The Kier molecular flexibility index (Phi) is 4.53. The van der Waals surface area contributed by atoms with Gasteiger partial charge in [0.2, 0.25) is 0 Å². The zero-order valence-corrected chi connectivity index (χ0v) is 12.6. The fourth-order valence-electron chi connectivity index (χ4n) is 1.95. The van der Waals surface area contributed by atoms with E-state index in [9.17, 15) is 8.78 Å². The molecule has 110 valence electrons. The van der Waals surface area contributed by atoms with Gasteiger partial charge in [0.25, 0.3) is 0 Å². The average molecular weight is 306 g/mol. The number of hydrogen-bond acceptors (Lipinski definition) is 2. The molecule has 0 aliphatic carbocycles. The van der Waals surface area contributed by atoms with Crippen LogP contribution < -0.4 is 11.1 Å². The minimum atomic E-state index is -0.729. The van der Waals surface area contributed by atoms with Gasteiger partial charge in [-0.15, -0.1) is 0 Å². The Morgan fingerprint density at radius 3 is 2.29 bits per heavy atom. The molecular formula is C16H16F2N2S. The second-order valence-electron chi connectivity index (χ2n) is 5.08. The first-order chi connectivity index (χ1) is 9.88. The molecule has 2 nitrogen and oxygen atoms in total. The Hall–Kier alpha value is -2.01. The van der Waals surface area contributed by atoms with Gasteiger partial charge in [-0.05, 0) is 35.7 Å². The highest BCUT2D eigenvalue weighted by atomic mass is 32.1. The van der Waals surface area contributed by atoms with Crippen LogP contribution in [0.15, 0.2) is 36.4 Å². The summed E-state index contributed by atoms with van der Waals surface area (Å²) in [4.78, 5) is -0.0406. The van der Waals surface area contributed by atoms with E-state index >= 15 is 0 Å². The third-order valence-corrected chi connectivity index (χ3v) is 3.38. The standard InChI is InChI=1S/C16H16F2N2S/c1-9(2)10-4-3-5-12(6-10)20-15-13(17)7-11(16(19)21)8-14(15)18/h3-9,20H,1-2H3,(H2,19,21). The van der Waals surface area contributed by atoms with Crippen molar-refractivity contribution in [3.63, 3.8) is 0 Å². The molecule has 0 atom stereocenters. The number of rotatable bonds is 4. The van der Waals surface area contributed by atoms with Crippen molar-refractivity contribution in [1.82, 2.24) is 0 Å². The van der Waals surface area contributed by atoms with E-state index < -0.39 is 11.6 Å². The quantitative estimate of drug-likeness (QED) is 0.819. The van der Waals surface area contributed by atoms with Crippen LogP contribution >= 0.6 is 12.2 Å². The average Bonchev–Trinajstić information content (AvgIpc) is 2.42. The maximum absolute atomic E-state index is 14.0. The van der Waals surface area contributed by atoms with Gasteiger partial charge in [0.1, 0.15) is 22.3 Å². The summed E-state index contributed by atoms with van der Waals surface area (Å²) in [5, 5.41) is 2.77. The van der Waals surface area contributed by atoms with Crippen LogP contribution in [-0.4, -0.2) is 4.99 Å². The fraction of sp³-hybridized carbons (Fsp3) is 0.188. The predicted molar refractivity (Wildman–Crippen MR) is 86.1 cm³/mol. The first-order valence-electron chi connectivity index (χ1n) is 6.54. The second kappa shape index (κ2) is 6.18. The Morgan fingerprint density at radius 2 is 1.76 bits per heavy atom. The van der Waals surface area contributed by atoms with E-state index in [4.69, 9.17) is 18.0 Å². The van der Waals surface area contributed by atoms with Crippen LogP contribution in [0.3, 0.4) is 0 Å². The zero-order chi connectivity index (χ0) is 15.6. The number of nitrogens with one attached hydrogen (secondary N) is 1. The molecule has 3 N–H and O–H groups in total. The number of anilines is 2. The Labute approximate surface area is 128 Å². The van der Waals surface area contributed by atoms with Gasteiger partial charge in [-0.25, -0.2) is 8.78 Å². The van der Waals surface area contributed by atoms with Crippen molar-refractivity contribution in [2.45, 2.75) is 19.8 Å². The summed E-state index contributed by atoms with van der Waals surface area (Å²) in [6.07, 6.45) is 0. The predicted octanol–water partition coefficient (Wildman–Crippen LogP) is 4.47. The SMILES string of the molecule is CC(C)c1cccc(Nc2c(F)cc(C(N)=S)cc2F)c1. The monoisotopic (exact) mass is 306 g/mol. The first-order valence-corrected chi connectivity index (χ1v) is 6.95. The summed E-state index contributed by atoms with van der Waals surface area (Å²) in [5.41, 5.74) is 7.05. The van der Waals surface area contributed by atoms with Crippen LogP contribution in [0.5, 0.6) is 0 Å². The van der Waals surface area contributed by atoms with E-state index in [2.05, 4.69) is 19.2 Å². The topological polar surface area (TPSA) is 38.0 Å². The van der Waals surface area contributed by atoms with Gasteiger partial charge in [0.15, 0.2) is 0 Å². The van der Waals surface area contributed by atoms with Crippen molar-refractivity contribution in [1.29, 1.82) is 0 Å². The van der Waals surface area contributed by atoms with Gasteiger partial charge >= 0.3 is 0 Å². The van der Waals surface area contributed by atoms with E-state index in [0.29, 0.717) is 11.6 Å². The van der Waals surface area contributed by atoms with E-state index in [1.165, 1.54) is 0 Å². The number of nitrogens with two attached hydrogens (primary N) is 1. The lowest BCUT2D eigenvalue weighted by atomic mass is 10.0. The zero-order valence-electron chi connectivity index (χ0n) is 11.8. The molecule has 0 saturated carbocycles. The summed E-state index contributed by atoms with van der Waals surface area (Å²) < 4.78 is 28.0. The molecule has 0 bridgehead atoms. The van der Waals surface area contributed by atoms with Crippen molar-refractivity contribution in [2.24, 2.45) is 5.73 Å². The summed E-state index contributed by atoms with van der Waals surface area (Å²) >= 11 is 4.72. The highest BCUT2D eigenvalue weighted by Crippen LogP contribution is 2.26. The second-order valence-corrected chi connectivity index (χ2v) is 5.52. The van der Waals surface area contributed by atoms with E-state index in [1.807, 2.05) is 18.2 Å². The molecule has 2 aromatic rings. The molecule has 0 spiro atoms. The fourth-order valence-corrected chi connectivity index (χ4v) is 2.07. The maximum Gasteiger partial charge on any atom is 0.150 e. The third-order valence-electron chi connectivity index (χ3n) is 3.15. The number of halogens is 2. The highest BCUT2D eigenvalue weighted by molar-refractivity contribution is 7.80. The molecule has 2 aromatic carbocycles. The molecule has 0 unspecified atom stereocenters. The van der Waals surface area contributed by atoms with Gasteiger partial charge in [-0.2, -0.15) is 0 Å². The molecule has 0 aliphatic heterocycles. The molecule has 0 heterocycles. The lowest BCUT2D eigenvalue weighted by molar-refractivity contribution is 0.590. The highest BCUT2D eigenvalue weighted by Gasteiger charge is 2.13. The summed E-state index contributed by atoms with van der Waals surface area (Å²) in [6, 6.07) is 9.69. The van der Waals surface area contributed by atoms with Gasteiger partial charge in [0.05, 0.1) is 0 Å². The largest absolute Gasteiger partial charge is 0.389 e. The summed E-state index contributed by atoms with van der Waals surface area (Å²) in [5.74, 6) is -1.13. The van der Waals surface area contributed by atoms with Crippen LogP contribution in [0.2, 0.25) is 0 Å². The Balaban J connectivity index is 2.36. The lowest BCUT2D eigenvalue weighted by Gasteiger charge is -2.12. The molecule has 21 heavy (non-hydrogen) atoms. The summed E-state index contributed by atoms with van der Waals surface area (Å²) in [6.45, 7) is 4.11. The van der Waals surface area contributed by atoms with Gasteiger partial charge < -0.3 is 11.1 Å². The van der Waals surface area contributed by atoms with Crippen molar-refractivity contribution >= 4 is 28.6 Å². The molecule has 0 aromatic heterocycles. The smallest absolute Gasteiger partial charge is 0.150 e. The maximum atomic E-state index is 14.0. The minimum Gasteiger partial charge on any atom is -0.389 e. The Morgan fingerprint density at radius 1 is 1.14 bits per heavy atom. The van der Waals surface area contributed by atoms with E-state index in [1.54, 1.807) is 6.07 Å². The molecular weight excluding hydrogens is 290 g/mol. The molecule has 5 heteroatoms. The van der Waals surface area contributed by atoms with Crippen LogP contribution in [0.25, 0.3) is 0 Å². The van der Waals surface area contributed by atoms with Crippen molar-refractivity contribution in [3.8, 4) is 0 Å². The van der Waals surface area contributed by atoms with Gasteiger partial charge in [0, 0.05) is 11.3 Å². The molecule has 0 amide bonds. The van der Waals surface area contributed by atoms with E-state index in [-0.39, 0.29) is 16.2 Å².